The van der Waals surface area contributed by atoms with Crippen molar-refractivity contribution in [3.8, 4) is 0 Å². The molecule has 0 aromatic heterocycles. The van der Waals surface area contributed by atoms with E-state index in [0.29, 0.717) is 5.84 Å². The van der Waals surface area contributed by atoms with Crippen LogP contribution in [0.25, 0.3) is 0 Å². The van der Waals surface area contributed by atoms with Gasteiger partial charge in [-0.2, -0.15) is 0 Å². The molecule has 0 aromatic carbocycles. The van der Waals surface area contributed by atoms with E-state index in [1.54, 1.807) is 0 Å². The molecule has 0 spiro atoms. The highest BCUT2D eigenvalue weighted by Gasteiger charge is 2.28. The molecule has 1 unspecified atom stereocenters. The average Bonchev–Trinajstić information content (AvgIpc) is 2.11. The number of hydrogen-bond donors (Lipinski definition) is 1. The van der Waals surface area contributed by atoms with Gasteiger partial charge in [0.15, 0.2) is 0 Å². The van der Waals surface area contributed by atoms with Gasteiger partial charge >= 0.3 is 0 Å². The van der Waals surface area contributed by atoms with Crippen LogP contribution >= 0.6 is 0 Å². The van der Waals surface area contributed by atoms with Crippen molar-refractivity contribution in [1.82, 2.24) is 0 Å². The van der Waals surface area contributed by atoms with Crippen LogP contribution in [0.15, 0.2) is 17.1 Å². The van der Waals surface area contributed by atoms with Gasteiger partial charge in [0.1, 0.15) is 11.5 Å². The average molecular weight is 214 g/mol. The highest BCUT2D eigenvalue weighted by molar-refractivity contribution is 5.88. The minimum absolute atomic E-state index is 0.0989. The first-order chi connectivity index (χ1) is 6.63. The van der Waals surface area contributed by atoms with E-state index < -0.39 is 5.67 Å². The smallest absolute Gasteiger partial charge is 0.124 e. The number of nitrogens with two attached hydrogens (primary N) is 1. The Bertz CT molecular complexity index is 263. The first-order valence-electron chi connectivity index (χ1n) is 5.29. The number of alkyl halides is 1. The standard InChI is InChI=1S/C12H23FN2/c1-7-12(6,9(2)3)10(14)15-8-11(4,5)13/h2,7-8H2,1,3-6H3,(H2,14,15). The van der Waals surface area contributed by atoms with Crippen LogP contribution in [0, 0.1) is 5.41 Å². The maximum atomic E-state index is 13.3. The normalized spacial score (nSPS) is 17.3. The van der Waals surface area contributed by atoms with Crippen molar-refractivity contribution in [2.75, 3.05) is 6.54 Å². The third-order valence-electron chi connectivity index (χ3n) is 2.84. The van der Waals surface area contributed by atoms with E-state index >= 15 is 0 Å². The lowest BCUT2D eigenvalue weighted by molar-refractivity contribution is 0.228. The number of nitrogens with zero attached hydrogens (tertiary/aromatic N) is 1. The molecule has 0 aromatic rings. The molecule has 0 aliphatic carbocycles. The van der Waals surface area contributed by atoms with Gasteiger partial charge in [0.25, 0.3) is 0 Å². The number of hydrogen-bond acceptors (Lipinski definition) is 1. The molecule has 2 N–H and O–H groups in total. The molecule has 0 bridgehead atoms. The second kappa shape index (κ2) is 4.77. The molecule has 0 fully saturated rings. The van der Waals surface area contributed by atoms with E-state index in [0.717, 1.165) is 12.0 Å². The van der Waals surface area contributed by atoms with Crippen molar-refractivity contribution in [2.45, 2.75) is 46.7 Å². The minimum atomic E-state index is -1.31. The van der Waals surface area contributed by atoms with Gasteiger partial charge < -0.3 is 5.73 Å². The molecule has 0 saturated heterocycles. The van der Waals surface area contributed by atoms with E-state index in [9.17, 15) is 4.39 Å². The first kappa shape index (κ1) is 14.1. The largest absolute Gasteiger partial charge is 0.387 e. The fourth-order valence-corrected chi connectivity index (χ4v) is 1.15. The van der Waals surface area contributed by atoms with Crippen molar-refractivity contribution in [3.63, 3.8) is 0 Å². The topological polar surface area (TPSA) is 38.4 Å². The quantitative estimate of drug-likeness (QED) is 0.426. The Kier molecular flexibility index (Phi) is 4.50. The molecule has 1 atom stereocenters. The van der Waals surface area contributed by atoms with E-state index in [-0.39, 0.29) is 12.0 Å². The zero-order valence-corrected chi connectivity index (χ0v) is 10.5. The molecule has 15 heavy (non-hydrogen) atoms. The van der Waals surface area contributed by atoms with Crippen molar-refractivity contribution < 1.29 is 4.39 Å². The summed E-state index contributed by atoms with van der Waals surface area (Å²) in [5.74, 6) is 0.475. The van der Waals surface area contributed by atoms with Crippen LogP contribution in [-0.2, 0) is 0 Å². The minimum Gasteiger partial charge on any atom is -0.387 e. The molecule has 0 amide bonds. The molecule has 2 nitrogen and oxygen atoms in total. The van der Waals surface area contributed by atoms with Crippen molar-refractivity contribution in [3.05, 3.63) is 12.2 Å². The summed E-state index contributed by atoms with van der Waals surface area (Å²) in [4.78, 5) is 4.12. The highest BCUT2D eigenvalue weighted by atomic mass is 19.1. The van der Waals surface area contributed by atoms with E-state index in [1.807, 2.05) is 20.8 Å². The predicted octanol–water partition coefficient (Wildman–Crippen LogP) is 3.08. The third-order valence-corrected chi connectivity index (χ3v) is 2.84. The summed E-state index contributed by atoms with van der Waals surface area (Å²) >= 11 is 0. The van der Waals surface area contributed by atoms with Gasteiger partial charge in [0.2, 0.25) is 0 Å². The lowest BCUT2D eigenvalue weighted by Gasteiger charge is -2.28. The fraction of sp³-hybridized carbons (Fsp3) is 0.750. The van der Waals surface area contributed by atoms with E-state index in [4.69, 9.17) is 5.73 Å². The molecular formula is C12H23FN2. The van der Waals surface area contributed by atoms with Crippen LogP contribution in [0.1, 0.15) is 41.0 Å². The molecule has 0 rings (SSSR count). The maximum Gasteiger partial charge on any atom is 0.124 e. The number of halogens is 1. The van der Waals surface area contributed by atoms with Gasteiger partial charge in [-0.1, -0.05) is 19.1 Å². The Hall–Kier alpha value is -0.860. The predicted molar refractivity (Wildman–Crippen MR) is 64.9 cm³/mol. The first-order valence-corrected chi connectivity index (χ1v) is 5.29. The molecular weight excluding hydrogens is 191 g/mol. The highest BCUT2D eigenvalue weighted by Crippen LogP contribution is 2.29. The summed E-state index contributed by atoms with van der Waals surface area (Å²) in [6, 6.07) is 0. The number of amidine groups is 1. The lowest BCUT2D eigenvalue weighted by atomic mass is 9.80. The van der Waals surface area contributed by atoms with Gasteiger partial charge in [-0.05, 0) is 34.1 Å². The zero-order valence-electron chi connectivity index (χ0n) is 10.5. The molecule has 0 radical (unpaired) electrons. The zero-order chi connectivity index (χ0) is 12.3. The number of aliphatic imine (C=N–C) groups is 1. The summed E-state index contributed by atoms with van der Waals surface area (Å²) in [6.45, 7) is 12.9. The van der Waals surface area contributed by atoms with Crippen LogP contribution in [0.5, 0.6) is 0 Å². The fourth-order valence-electron chi connectivity index (χ4n) is 1.15. The molecule has 0 saturated carbocycles. The molecule has 0 aliphatic heterocycles. The van der Waals surface area contributed by atoms with Crippen LogP contribution in [0.2, 0.25) is 0 Å². The molecule has 0 heterocycles. The second-order valence-electron chi connectivity index (χ2n) is 4.89. The Balaban J connectivity index is 4.81. The Morgan fingerprint density at radius 3 is 2.13 bits per heavy atom. The number of rotatable bonds is 5. The van der Waals surface area contributed by atoms with Crippen LogP contribution in [0.4, 0.5) is 4.39 Å². The SMILES string of the molecule is C=C(C)C(C)(CC)C(N)=NCC(C)(C)F. The lowest BCUT2D eigenvalue weighted by Crippen LogP contribution is -2.36. The van der Waals surface area contributed by atoms with Gasteiger partial charge in [-0.3, -0.25) is 4.99 Å². The summed E-state index contributed by atoms with van der Waals surface area (Å²) in [6.07, 6.45) is 0.824. The van der Waals surface area contributed by atoms with Crippen LogP contribution in [-0.4, -0.2) is 18.0 Å². The van der Waals surface area contributed by atoms with E-state index in [2.05, 4.69) is 11.6 Å². The van der Waals surface area contributed by atoms with Crippen molar-refractivity contribution in [1.29, 1.82) is 0 Å². The Morgan fingerprint density at radius 2 is 1.87 bits per heavy atom. The molecule has 88 valence electrons. The van der Waals surface area contributed by atoms with Crippen molar-refractivity contribution >= 4 is 5.84 Å². The van der Waals surface area contributed by atoms with Crippen molar-refractivity contribution in [2.24, 2.45) is 16.1 Å². The van der Waals surface area contributed by atoms with Crippen LogP contribution in [0.3, 0.4) is 0 Å². The van der Waals surface area contributed by atoms with E-state index in [1.165, 1.54) is 13.8 Å². The molecule has 3 heteroatoms. The summed E-state index contributed by atoms with van der Waals surface area (Å²) in [5.41, 5.74) is 5.23. The van der Waals surface area contributed by atoms with Gasteiger partial charge in [-0.15, -0.1) is 0 Å². The summed E-state index contributed by atoms with van der Waals surface area (Å²) < 4.78 is 13.3. The Morgan fingerprint density at radius 1 is 1.40 bits per heavy atom. The monoisotopic (exact) mass is 214 g/mol. The van der Waals surface area contributed by atoms with Gasteiger partial charge in [-0.25, -0.2) is 4.39 Å². The van der Waals surface area contributed by atoms with Gasteiger partial charge in [0.05, 0.1) is 6.54 Å². The van der Waals surface area contributed by atoms with Crippen LogP contribution < -0.4 is 5.73 Å². The third kappa shape index (κ3) is 4.02. The summed E-state index contributed by atoms with van der Waals surface area (Å²) in [7, 11) is 0. The molecule has 0 aliphatic rings. The summed E-state index contributed by atoms with van der Waals surface area (Å²) in [5, 5.41) is 0. The second-order valence-corrected chi connectivity index (χ2v) is 4.89. The Labute approximate surface area is 92.5 Å². The van der Waals surface area contributed by atoms with Gasteiger partial charge in [0, 0.05) is 5.41 Å². The maximum absolute atomic E-state index is 13.3.